The van der Waals surface area contributed by atoms with Crippen LogP contribution >= 0.6 is 0 Å². The number of hydrogen-bond donors (Lipinski definition) is 0. The van der Waals surface area contributed by atoms with Crippen LogP contribution in [0.15, 0.2) is 55.1 Å². The fourth-order valence-corrected chi connectivity index (χ4v) is 4.30. The van der Waals surface area contributed by atoms with Crippen LogP contribution in [-0.2, 0) is 9.59 Å². The van der Waals surface area contributed by atoms with E-state index in [1.165, 1.54) is 24.8 Å². The molecule has 0 aliphatic heterocycles. The zero-order valence-electron chi connectivity index (χ0n) is 25.3. The van der Waals surface area contributed by atoms with Gasteiger partial charge < -0.3 is 0 Å². The molecular weight excluding hydrogens is 452 g/mol. The third-order valence-electron chi connectivity index (χ3n) is 7.06. The van der Waals surface area contributed by atoms with E-state index in [2.05, 4.69) is 89.8 Å². The molecule has 0 aliphatic rings. The number of benzene rings is 1. The number of ketones is 2. The predicted molar refractivity (Wildman–Crippen MR) is 163 cm³/mol. The van der Waals surface area contributed by atoms with Crippen LogP contribution in [0.25, 0.3) is 0 Å². The lowest BCUT2D eigenvalue weighted by Gasteiger charge is -2.17. The lowest BCUT2D eigenvalue weighted by Crippen LogP contribution is -2.11. The Labute approximate surface area is 230 Å². The Balaban J connectivity index is 0.000000701. The fourth-order valence-electron chi connectivity index (χ4n) is 4.30. The Morgan fingerprint density at radius 2 is 1.51 bits per heavy atom. The summed E-state index contributed by atoms with van der Waals surface area (Å²) in [5.41, 5.74) is 1.47. The van der Waals surface area contributed by atoms with Gasteiger partial charge in [0.05, 0.1) is 0 Å². The van der Waals surface area contributed by atoms with E-state index in [9.17, 15) is 9.59 Å². The van der Waals surface area contributed by atoms with Crippen LogP contribution in [0.1, 0.15) is 131 Å². The second-order valence-corrected chi connectivity index (χ2v) is 11.7. The molecule has 0 saturated carbocycles. The van der Waals surface area contributed by atoms with Crippen LogP contribution in [0.3, 0.4) is 0 Å². The molecule has 0 bridgehead atoms. The Morgan fingerprint density at radius 1 is 0.838 bits per heavy atom. The minimum Gasteiger partial charge on any atom is -0.300 e. The molecule has 2 nitrogen and oxygen atoms in total. The molecule has 37 heavy (non-hydrogen) atoms. The quantitative estimate of drug-likeness (QED) is 0.137. The Bertz CT molecular complexity index is 744. The van der Waals surface area contributed by atoms with Crippen molar-refractivity contribution in [3.05, 3.63) is 60.7 Å². The number of carbonyl (C=O) groups excluding carboxylic acids is 2. The van der Waals surface area contributed by atoms with E-state index in [0.717, 1.165) is 44.4 Å². The summed E-state index contributed by atoms with van der Waals surface area (Å²) in [7, 11) is 0. The van der Waals surface area contributed by atoms with Crippen molar-refractivity contribution in [1.29, 1.82) is 0 Å². The zero-order chi connectivity index (χ0) is 28.1. The van der Waals surface area contributed by atoms with E-state index in [4.69, 9.17) is 0 Å². The summed E-state index contributed by atoms with van der Waals surface area (Å²) in [4.78, 5) is 23.3. The van der Waals surface area contributed by atoms with Crippen molar-refractivity contribution in [3.63, 3.8) is 0 Å². The lowest BCUT2D eigenvalue weighted by molar-refractivity contribution is -0.123. The SMILES string of the molecule is C=CC(C)CCC(C/C=C/CC)c1ccccc1.CC(C)CCCCC(=O)CC(C)CCC(=O)C(C)C. The number of Topliss-reactive ketones (excluding diaryl/α,β-unsaturated/α-hetero) is 2. The second-order valence-electron chi connectivity index (χ2n) is 11.7. The summed E-state index contributed by atoms with van der Waals surface area (Å²) in [5, 5.41) is 0. The van der Waals surface area contributed by atoms with Gasteiger partial charge in [0.15, 0.2) is 0 Å². The zero-order valence-corrected chi connectivity index (χ0v) is 25.3. The van der Waals surface area contributed by atoms with Crippen molar-refractivity contribution in [2.75, 3.05) is 0 Å². The van der Waals surface area contributed by atoms with Crippen molar-refractivity contribution in [3.8, 4) is 0 Å². The normalized spacial score (nSPS) is 13.8. The minimum atomic E-state index is 0.124. The minimum absolute atomic E-state index is 0.124. The first kappa shape index (κ1) is 35.0. The van der Waals surface area contributed by atoms with Gasteiger partial charge in [0.2, 0.25) is 0 Å². The maximum absolute atomic E-state index is 11.8. The number of carbonyl (C=O) groups is 2. The highest BCUT2D eigenvalue weighted by Crippen LogP contribution is 2.27. The summed E-state index contributed by atoms with van der Waals surface area (Å²) >= 11 is 0. The van der Waals surface area contributed by atoms with Gasteiger partial charge in [-0.1, -0.05) is 110 Å². The van der Waals surface area contributed by atoms with Crippen molar-refractivity contribution >= 4 is 11.6 Å². The van der Waals surface area contributed by atoms with Gasteiger partial charge in [-0.15, -0.1) is 6.58 Å². The van der Waals surface area contributed by atoms with E-state index >= 15 is 0 Å². The highest BCUT2D eigenvalue weighted by atomic mass is 16.1. The molecule has 0 heterocycles. The molecular formula is C35H58O2. The van der Waals surface area contributed by atoms with Crippen molar-refractivity contribution < 1.29 is 9.59 Å². The van der Waals surface area contributed by atoms with Gasteiger partial charge in [-0.3, -0.25) is 9.59 Å². The molecule has 0 spiro atoms. The maximum Gasteiger partial charge on any atom is 0.135 e. The van der Waals surface area contributed by atoms with Gasteiger partial charge in [-0.05, 0) is 67.8 Å². The van der Waals surface area contributed by atoms with Crippen LogP contribution in [0.5, 0.6) is 0 Å². The molecule has 3 atom stereocenters. The van der Waals surface area contributed by atoms with E-state index < -0.39 is 0 Å². The first-order valence-corrected chi connectivity index (χ1v) is 15.0. The Kier molecular flexibility index (Phi) is 20.9. The molecule has 0 fully saturated rings. The molecule has 2 heteroatoms. The van der Waals surface area contributed by atoms with Crippen LogP contribution in [0.4, 0.5) is 0 Å². The Morgan fingerprint density at radius 3 is 2.08 bits per heavy atom. The second kappa shape index (κ2) is 22.1. The summed E-state index contributed by atoms with van der Waals surface area (Å²) in [6.45, 7) is 18.7. The van der Waals surface area contributed by atoms with Gasteiger partial charge in [-0.2, -0.15) is 0 Å². The molecule has 0 saturated heterocycles. The molecule has 0 aliphatic carbocycles. The fraction of sp³-hybridized carbons (Fsp3) is 0.657. The molecule has 3 unspecified atom stereocenters. The first-order valence-electron chi connectivity index (χ1n) is 15.0. The first-order chi connectivity index (χ1) is 17.6. The van der Waals surface area contributed by atoms with Crippen molar-refractivity contribution in [2.24, 2.45) is 23.7 Å². The van der Waals surface area contributed by atoms with Gasteiger partial charge in [0, 0.05) is 25.2 Å². The van der Waals surface area contributed by atoms with Gasteiger partial charge in [0.25, 0.3) is 0 Å². The highest BCUT2D eigenvalue weighted by Gasteiger charge is 2.13. The van der Waals surface area contributed by atoms with E-state index in [1.807, 2.05) is 13.8 Å². The van der Waals surface area contributed by atoms with Crippen LogP contribution in [0, 0.1) is 23.7 Å². The van der Waals surface area contributed by atoms with Crippen LogP contribution in [-0.4, -0.2) is 11.6 Å². The Hall–Kier alpha value is -1.96. The maximum atomic E-state index is 11.8. The van der Waals surface area contributed by atoms with E-state index in [1.54, 1.807) is 0 Å². The third kappa shape index (κ3) is 19.8. The lowest BCUT2D eigenvalue weighted by atomic mass is 9.88. The van der Waals surface area contributed by atoms with Crippen LogP contribution in [0.2, 0.25) is 0 Å². The molecule has 210 valence electrons. The number of hydrogen-bond acceptors (Lipinski definition) is 2. The molecule has 1 rings (SSSR count). The largest absolute Gasteiger partial charge is 0.300 e. The molecule has 1 aromatic carbocycles. The average Bonchev–Trinajstić information content (AvgIpc) is 2.87. The van der Waals surface area contributed by atoms with Crippen LogP contribution < -0.4 is 0 Å². The van der Waals surface area contributed by atoms with Crippen molar-refractivity contribution in [2.45, 2.75) is 125 Å². The number of allylic oxidation sites excluding steroid dienone is 3. The predicted octanol–water partition coefficient (Wildman–Crippen LogP) is 10.5. The van der Waals surface area contributed by atoms with Gasteiger partial charge in [0.1, 0.15) is 11.6 Å². The average molecular weight is 511 g/mol. The smallest absolute Gasteiger partial charge is 0.135 e. The number of rotatable bonds is 19. The third-order valence-corrected chi connectivity index (χ3v) is 7.06. The van der Waals surface area contributed by atoms with E-state index in [0.29, 0.717) is 42.2 Å². The number of unbranched alkanes of at least 4 members (excludes halogenated alkanes) is 1. The molecule has 1 aromatic rings. The molecule has 0 N–H and O–H groups in total. The molecule has 0 aromatic heterocycles. The summed E-state index contributed by atoms with van der Waals surface area (Å²) in [6.07, 6.45) is 17.6. The summed E-state index contributed by atoms with van der Waals surface area (Å²) < 4.78 is 0. The topological polar surface area (TPSA) is 34.1 Å². The highest BCUT2D eigenvalue weighted by molar-refractivity contribution is 5.80. The monoisotopic (exact) mass is 510 g/mol. The molecule has 0 radical (unpaired) electrons. The summed E-state index contributed by atoms with van der Waals surface area (Å²) in [5.74, 6) is 3.16. The van der Waals surface area contributed by atoms with E-state index in [-0.39, 0.29) is 5.92 Å². The molecule has 0 amide bonds. The van der Waals surface area contributed by atoms with Gasteiger partial charge in [-0.25, -0.2) is 0 Å². The van der Waals surface area contributed by atoms with Crippen molar-refractivity contribution in [1.82, 2.24) is 0 Å². The van der Waals surface area contributed by atoms with Gasteiger partial charge >= 0.3 is 0 Å². The summed E-state index contributed by atoms with van der Waals surface area (Å²) in [6, 6.07) is 10.9. The standard InChI is InChI=1S/C18H26.C17H32O2/c1-4-6-8-11-18(15-14-16(3)5-2)17-12-9-7-10-13-17;1-13(2)8-6-7-9-16(18)12-15(5)10-11-17(19)14(3)4/h5-10,12-13,16,18H,2,4,11,14-15H2,1,3H3;13-15H,6-12H2,1-5H3/b8-6+;.